The number of hydrogen-bond acceptors (Lipinski definition) is 4. The number of anilines is 1. The van der Waals surface area contributed by atoms with Gasteiger partial charge in [-0.15, -0.1) is 0 Å². The number of hydrogen-bond donors (Lipinski definition) is 3. The van der Waals surface area contributed by atoms with E-state index in [2.05, 4.69) is 0 Å². The summed E-state index contributed by atoms with van der Waals surface area (Å²) in [6, 6.07) is 5.30. The molecule has 5 heteroatoms. The first-order valence-electron chi connectivity index (χ1n) is 5.81. The van der Waals surface area contributed by atoms with Crippen molar-refractivity contribution in [2.24, 2.45) is 0 Å². The summed E-state index contributed by atoms with van der Waals surface area (Å²) in [5.74, 6) is 0. The minimum Gasteiger partial charge on any atom is -0.427 e. The Kier molecular flexibility index (Phi) is 4.19. The van der Waals surface area contributed by atoms with Crippen LogP contribution in [0.25, 0.3) is 0 Å². The number of nitrogens with two attached hydrogens (primary N) is 1. The Morgan fingerprint density at radius 2 is 1.94 bits per heavy atom. The van der Waals surface area contributed by atoms with Crippen LogP contribution < -0.4 is 11.2 Å². The molecule has 97 valence electrons. The minimum absolute atomic E-state index is 0.559. The Balaban J connectivity index is 2.78. The lowest BCUT2D eigenvalue weighted by Crippen LogP contribution is -2.49. The Morgan fingerprint density at radius 3 is 2.44 bits per heavy atom. The number of nitrogens with one attached hydrogen (secondary N) is 1. The van der Waals surface area contributed by atoms with Crippen LogP contribution in [0.15, 0.2) is 18.2 Å². The van der Waals surface area contributed by atoms with E-state index in [9.17, 15) is 5.11 Å². The summed E-state index contributed by atoms with van der Waals surface area (Å²) < 4.78 is 5.63. The van der Waals surface area contributed by atoms with Crippen LogP contribution in [-0.2, 0) is 4.65 Å². The van der Waals surface area contributed by atoms with Crippen molar-refractivity contribution in [2.75, 3.05) is 5.73 Å². The monoisotopic (exact) mass is 247 g/mol. The molecule has 1 radical (unpaired) electrons. The van der Waals surface area contributed by atoms with Crippen LogP contribution in [0.2, 0.25) is 0 Å². The first-order valence-corrected chi connectivity index (χ1v) is 5.81. The van der Waals surface area contributed by atoms with Crippen LogP contribution in [0.4, 0.5) is 5.69 Å². The van der Waals surface area contributed by atoms with E-state index in [1.807, 2.05) is 19.9 Å². The molecule has 1 aromatic rings. The molecule has 4 nitrogen and oxygen atoms in total. The summed E-state index contributed by atoms with van der Waals surface area (Å²) in [6.07, 6.45) is 1.20. The molecule has 0 unspecified atom stereocenters. The van der Waals surface area contributed by atoms with Crippen molar-refractivity contribution < 1.29 is 9.76 Å². The summed E-state index contributed by atoms with van der Waals surface area (Å²) in [5, 5.41) is 17.2. The van der Waals surface area contributed by atoms with Crippen molar-refractivity contribution in [2.45, 2.75) is 38.9 Å². The highest BCUT2D eigenvalue weighted by Gasteiger charge is 2.35. The van der Waals surface area contributed by atoms with Crippen molar-refractivity contribution in [1.29, 1.82) is 5.41 Å². The second-order valence-electron chi connectivity index (χ2n) is 5.34. The molecular formula is C13H20BN2O2. The van der Waals surface area contributed by atoms with E-state index < -0.39 is 11.2 Å². The summed E-state index contributed by atoms with van der Waals surface area (Å²) >= 11 is 0. The Morgan fingerprint density at radius 1 is 1.33 bits per heavy atom. The molecule has 0 atom stereocenters. The van der Waals surface area contributed by atoms with Gasteiger partial charge in [0.15, 0.2) is 0 Å². The van der Waals surface area contributed by atoms with Crippen molar-refractivity contribution in [3.8, 4) is 0 Å². The van der Waals surface area contributed by atoms with Gasteiger partial charge in [0.2, 0.25) is 0 Å². The molecule has 18 heavy (non-hydrogen) atoms. The van der Waals surface area contributed by atoms with Crippen LogP contribution in [0, 0.1) is 5.41 Å². The highest BCUT2D eigenvalue weighted by molar-refractivity contribution is 6.47. The first kappa shape index (κ1) is 14.7. The van der Waals surface area contributed by atoms with Gasteiger partial charge in [0.25, 0.3) is 0 Å². The van der Waals surface area contributed by atoms with E-state index in [-0.39, 0.29) is 0 Å². The van der Waals surface area contributed by atoms with Crippen molar-refractivity contribution in [3.63, 3.8) is 0 Å². The predicted molar refractivity (Wildman–Crippen MR) is 75.6 cm³/mol. The highest BCUT2D eigenvalue weighted by atomic mass is 16.5. The standard InChI is InChI=1S/C13H20BN2O2/c1-12(2,17)13(3,4)18-14-10-5-6-11(16)9(7-10)8-15/h5-8,15,17H,16H2,1-4H3. The molecule has 0 spiro atoms. The number of benzene rings is 1. The molecule has 0 saturated heterocycles. The molecule has 0 bridgehead atoms. The summed E-state index contributed by atoms with van der Waals surface area (Å²) in [7, 11) is 1.57. The fraction of sp³-hybridized carbons (Fsp3) is 0.462. The molecule has 1 rings (SSSR count). The third kappa shape index (κ3) is 3.34. The lowest BCUT2D eigenvalue weighted by molar-refractivity contribution is -0.0893. The molecule has 0 amide bonds. The molecule has 0 heterocycles. The van der Waals surface area contributed by atoms with E-state index in [0.717, 1.165) is 5.46 Å². The quantitative estimate of drug-likeness (QED) is 0.413. The molecule has 0 aliphatic rings. The SMILES string of the molecule is CC(C)(O)C(C)(C)O[B]c1ccc(N)c(C=N)c1. The molecule has 1 aromatic carbocycles. The molecule has 0 fully saturated rings. The van der Waals surface area contributed by atoms with Crippen molar-refractivity contribution >= 4 is 24.8 Å². The zero-order valence-electron chi connectivity index (χ0n) is 11.3. The number of nitrogen functional groups attached to an aromatic ring is 1. The Hall–Kier alpha value is -1.33. The molecule has 0 aliphatic heterocycles. The van der Waals surface area contributed by atoms with E-state index in [0.29, 0.717) is 11.3 Å². The summed E-state index contributed by atoms with van der Waals surface area (Å²) in [6.45, 7) is 7.04. The maximum absolute atomic E-state index is 9.97. The Labute approximate surface area is 109 Å². The van der Waals surface area contributed by atoms with Gasteiger partial charge >= 0.3 is 7.48 Å². The normalized spacial score (nSPS) is 12.3. The van der Waals surface area contributed by atoms with Gasteiger partial charge in [-0.05, 0) is 33.8 Å². The second-order valence-corrected chi connectivity index (χ2v) is 5.34. The smallest absolute Gasteiger partial charge is 0.330 e. The average Bonchev–Trinajstić information content (AvgIpc) is 2.26. The van der Waals surface area contributed by atoms with Crippen LogP contribution in [0.5, 0.6) is 0 Å². The van der Waals surface area contributed by atoms with E-state index in [1.54, 1.807) is 33.5 Å². The largest absolute Gasteiger partial charge is 0.427 e. The van der Waals surface area contributed by atoms with Gasteiger partial charge in [-0.25, -0.2) is 0 Å². The van der Waals surface area contributed by atoms with E-state index in [1.165, 1.54) is 6.21 Å². The fourth-order valence-corrected chi connectivity index (χ4v) is 1.15. The fourth-order valence-electron chi connectivity index (χ4n) is 1.15. The number of rotatable bonds is 5. The highest BCUT2D eigenvalue weighted by Crippen LogP contribution is 2.24. The van der Waals surface area contributed by atoms with Gasteiger partial charge in [0.05, 0.1) is 11.2 Å². The van der Waals surface area contributed by atoms with Crippen molar-refractivity contribution in [1.82, 2.24) is 0 Å². The van der Waals surface area contributed by atoms with Crippen LogP contribution in [0.1, 0.15) is 33.3 Å². The van der Waals surface area contributed by atoms with Crippen LogP contribution in [-0.4, -0.2) is 30.0 Å². The van der Waals surface area contributed by atoms with E-state index in [4.69, 9.17) is 15.8 Å². The van der Waals surface area contributed by atoms with Crippen molar-refractivity contribution in [3.05, 3.63) is 23.8 Å². The van der Waals surface area contributed by atoms with E-state index >= 15 is 0 Å². The van der Waals surface area contributed by atoms with Crippen LogP contribution >= 0.6 is 0 Å². The molecule has 0 saturated carbocycles. The predicted octanol–water partition coefficient (Wildman–Crippen LogP) is 1.08. The van der Waals surface area contributed by atoms with Gasteiger partial charge in [-0.1, -0.05) is 17.6 Å². The summed E-state index contributed by atoms with van der Waals surface area (Å²) in [4.78, 5) is 0. The lowest BCUT2D eigenvalue weighted by Gasteiger charge is -2.37. The third-order valence-electron chi connectivity index (χ3n) is 3.23. The zero-order valence-corrected chi connectivity index (χ0v) is 11.3. The maximum Gasteiger partial charge on any atom is 0.330 e. The third-order valence-corrected chi connectivity index (χ3v) is 3.23. The second kappa shape index (κ2) is 5.12. The van der Waals surface area contributed by atoms with Gasteiger partial charge in [-0.3, -0.25) is 0 Å². The van der Waals surface area contributed by atoms with Gasteiger partial charge in [-0.2, -0.15) is 0 Å². The molecular weight excluding hydrogens is 227 g/mol. The minimum atomic E-state index is -0.957. The first-order chi connectivity index (χ1) is 8.17. The zero-order chi connectivity index (χ0) is 14.0. The lowest BCUT2D eigenvalue weighted by atomic mass is 9.82. The number of aliphatic hydroxyl groups is 1. The Bertz CT molecular complexity index is 439. The maximum atomic E-state index is 9.97. The average molecular weight is 247 g/mol. The van der Waals surface area contributed by atoms with Gasteiger partial charge in [0.1, 0.15) is 0 Å². The topological polar surface area (TPSA) is 79.3 Å². The van der Waals surface area contributed by atoms with Crippen LogP contribution in [0.3, 0.4) is 0 Å². The molecule has 0 aromatic heterocycles. The molecule has 0 aliphatic carbocycles. The summed E-state index contributed by atoms with van der Waals surface area (Å²) in [5.41, 5.74) is 6.05. The van der Waals surface area contributed by atoms with Gasteiger partial charge < -0.3 is 20.9 Å². The van der Waals surface area contributed by atoms with Gasteiger partial charge in [0, 0.05) is 17.5 Å². The molecule has 4 N–H and O–H groups in total.